The lowest BCUT2D eigenvalue weighted by Crippen LogP contribution is -2.16. The van der Waals surface area contributed by atoms with Crippen molar-refractivity contribution in [2.45, 2.75) is 20.3 Å². The number of rotatable bonds is 7. The quantitative estimate of drug-likeness (QED) is 0.330. The zero-order valence-electron chi connectivity index (χ0n) is 10.7. The maximum Gasteiger partial charge on any atom is 0.264 e. The first-order valence-electron chi connectivity index (χ1n) is 5.96. The molecular formula is C13H18ClNO3. The molecule has 1 aromatic carbocycles. The van der Waals surface area contributed by atoms with Crippen molar-refractivity contribution in [3.05, 3.63) is 29.3 Å². The summed E-state index contributed by atoms with van der Waals surface area (Å²) in [5.41, 5.74) is 0. The fourth-order valence-electron chi connectivity index (χ4n) is 1.15. The van der Waals surface area contributed by atoms with Crippen LogP contribution >= 0.6 is 11.6 Å². The highest BCUT2D eigenvalue weighted by atomic mass is 35.5. The molecule has 0 fully saturated rings. The zero-order valence-corrected chi connectivity index (χ0v) is 11.4. The topological polar surface area (TPSA) is 40.0 Å². The first-order chi connectivity index (χ1) is 8.76. The largest absolute Gasteiger partial charge is 0.484 e. The maximum atomic E-state index is 5.78. The monoisotopic (exact) mass is 271 g/mol. The van der Waals surface area contributed by atoms with E-state index in [1.165, 1.54) is 0 Å². The number of hydrogen-bond donors (Lipinski definition) is 0. The van der Waals surface area contributed by atoms with Crippen LogP contribution in [0.4, 0.5) is 0 Å². The van der Waals surface area contributed by atoms with Crippen LogP contribution in [-0.4, -0.2) is 25.7 Å². The van der Waals surface area contributed by atoms with Crippen molar-refractivity contribution in [3.63, 3.8) is 0 Å². The van der Waals surface area contributed by atoms with Gasteiger partial charge >= 0.3 is 0 Å². The highest BCUT2D eigenvalue weighted by Crippen LogP contribution is 2.15. The van der Waals surface area contributed by atoms with Crippen LogP contribution in [0.15, 0.2) is 29.4 Å². The molecule has 5 heteroatoms. The van der Waals surface area contributed by atoms with Crippen LogP contribution in [0.5, 0.6) is 5.75 Å². The summed E-state index contributed by atoms with van der Waals surface area (Å²) in [5.74, 6) is 1.14. The SMILES string of the molecule is CCCON=C(COc1ccc(Cl)cc1)OCC. The lowest BCUT2D eigenvalue weighted by molar-refractivity contribution is 0.128. The third kappa shape index (κ3) is 5.77. The average Bonchev–Trinajstić information content (AvgIpc) is 2.38. The van der Waals surface area contributed by atoms with Gasteiger partial charge < -0.3 is 14.3 Å². The maximum absolute atomic E-state index is 5.78. The first kappa shape index (κ1) is 14.6. The van der Waals surface area contributed by atoms with Gasteiger partial charge in [0.15, 0.2) is 6.61 Å². The molecule has 0 aliphatic carbocycles. The van der Waals surface area contributed by atoms with Gasteiger partial charge in [0.25, 0.3) is 5.90 Å². The Morgan fingerprint density at radius 3 is 2.56 bits per heavy atom. The molecule has 0 saturated carbocycles. The van der Waals surface area contributed by atoms with Gasteiger partial charge in [-0.1, -0.05) is 18.5 Å². The second-order valence-electron chi connectivity index (χ2n) is 3.49. The molecule has 0 amide bonds. The van der Waals surface area contributed by atoms with E-state index in [9.17, 15) is 0 Å². The summed E-state index contributed by atoms with van der Waals surface area (Å²) in [6, 6.07) is 7.11. The summed E-state index contributed by atoms with van der Waals surface area (Å²) >= 11 is 5.78. The van der Waals surface area contributed by atoms with Gasteiger partial charge in [0, 0.05) is 5.02 Å². The van der Waals surface area contributed by atoms with E-state index in [2.05, 4.69) is 5.16 Å². The van der Waals surface area contributed by atoms with E-state index in [1.54, 1.807) is 24.3 Å². The van der Waals surface area contributed by atoms with Crippen molar-refractivity contribution in [3.8, 4) is 5.75 Å². The minimum absolute atomic E-state index is 0.235. The molecule has 0 heterocycles. The molecular weight excluding hydrogens is 254 g/mol. The summed E-state index contributed by atoms with van der Waals surface area (Å²) in [6.45, 7) is 5.23. The first-order valence-corrected chi connectivity index (χ1v) is 6.34. The van der Waals surface area contributed by atoms with E-state index in [-0.39, 0.29) is 6.61 Å². The highest BCUT2D eigenvalue weighted by Gasteiger charge is 2.03. The molecule has 0 saturated heterocycles. The van der Waals surface area contributed by atoms with Gasteiger partial charge in [-0.25, -0.2) is 0 Å². The normalized spacial score (nSPS) is 11.2. The Bertz CT molecular complexity index is 365. The summed E-state index contributed by atoms with van der Waals surface area (Å²) in [7, 11) is 0. The Morgan fingerprint density at radius 2 is 1.94 bits per heavy atom. The standard InChI is InChI=1S/C13H18ClNO3/c1-3-9-18-15-13(16-4-2)10-17-12-7-5-11(14)6-8-12/h5-8H,3-4,9-10H2,1-2H3. The van der Waals surface area contributed by atoms with E-state index in [4.69, 9.17) is 25.9 Å². The molecule has 1 aromatic rings. The zero-order chi connectivity index (χ0) is 13.2. The molecule has 0 N–H and O–H groups in total. The Labute approximate surface area is 112 Å². The van der Waals surface area contributed by atoms with E-state index in [0.717, 1.165) is 6.42 Å². The van der Waals surface area contributed by atoms with Crippen LogP contribution in [0, 0.1) is 0 Å². The smallest absolute Gasteiger partial charge is 0.264 e. The van der Waals surface area contributed by atoms with Gasteiger partial charge in [-0.05, 0) is 42.8 Å². The van der Waals surface area contributed by atoms with Crippen molar-refractivity contribution < 1.29 is 14.3 Å². The third-order valence-electron chi connectivity index (χ3n) is 1.95. The molecule has 0 atom stereocenters. The van der Waals surface area contributed by atoms with Gasteiger partial charge in [0.05, 0.1) is 6.61 Å². The number of oxime groups is 1. The molecule has 0 spiro atoms. The van der Waals surface area contributed by atoms with Gasteiger partial charge in [0.1, 0.15) is 12.4 Å². The van der Waals surface area contributed by atoms with Crippen LogP contribution in [0.1, 0.15) is 20.3 Å². The highest BCUT2D eigenvalue weighted by molar-refractivity contribution is 6.30. The van der Waals surface area contributed by atoms with Crippen molar-refractivity contribution >= 4 is 17.5 Å². The van der Waals surface area contributed by atoms with Gasteiger partial charge in [0.2, 0.25) is 0 Å². The second kappa shape index (κ2) is 8.64. The molecule has 1 rings (SSSR count). The lowest BCUT2D eigenvalue weighted by Gasteiger charge is -2.09. The Kier molecular flexibility index (Phi) is 7.03. The number of hydrogen-bond acceptors (Lipinski definition) is 4. The fraction of sp³-hybridized carbons (Fsp3) is 0.462. The minimum atomic E-state index is 0.235. The minimum Gasteiger partial charge on any atom is -0.484 e. The average molecular weight is 272 g/mol. The van der Waals surface area contributed by atoms with Gasteiger partial charge in [-0.3, -0.25) is 0 Å². The van der Waals surface area contributed by atoms with Crippen LogP contribution < -0.4 is 4.74 Å². The molecule has 0 bridgehead atoms. The van der Waals surface area contributed by atoms with Crippen LogP contribution in [0.25, 0.3) is 0 Å². The number of ether oxygens (including phenoxy) is 2. The van der Waals surface area contributed by atoms with Crippen molar-refractivity contribution in [2.75, 3.05) is 19.8 Å². The summed E-state index contributed by atoms with van der Waals surface area (Å²) in [4.78, 5) is 5.07. The van der Waals surface area contributed by atoms with Crippen LogP contribution in [-0.2, 0) is 9.57 Å². The van der Waals surface area contributed by atoms with E-state index in [1.807, 2.05) is 13.8 Å². The second-order valence-corrected chi connectivity index (χ2v) is 3.93. The fourth-order valence-corrected chi connectivity index (χ4v) is 1.27. The molecule has 18 heavy (non-hydrogen) atoms. The Morgan fingerprint density at radius 1 is 1.22 bits per heavy atom. The van der Waals surface area contributed by atoms with E-state index in [0.29, 0.717) is 29.9 Å². The molecule has 0 unspecified atom stereocenters. The van der Waals surface area contributed by atoms with Crippen molar-refractivity contribution in [2.24, 2.45) is 5.16 Å². The molecule has 0 aliphatic rings. The van der Waals surface area contributed by atoms with E-state index < -0.39 is 0 Å². The Balaban J connectivity index is 2.45. The number of benzene rings is 1. The summed E-state index contributed by atoms with van der Waals surface area (Å²) in [6.07, 6.45) is 0.904. The molecule has 0 radical (unpaired) electrons. The third-order valence-corrected chi connectivity index (χ3v) is 2.20. The summed E-state index contributed by atoms with van der Waals surface area (Å²) in [5, 5.41) is 4.55. The number of halogens is 1. The molecule has 4 nitrogen and oxygen atoms in total. The molecule has 0 aromatic heterocycles. The van der Waals surface area contributed by atoms with Crippen molar-refractivity contribution in [1.82, 2.24) is 0 Å². The summed E-state index contributed by atoms with van der Waals surface area (Å²) < 4.78 is 10.8. The number of nitrogens with zero attached hydrogens (tertiary/aromatic N) is 1. The molecule has 0 aliphatic heterocycles. The molecule has 100 valence electrons. The predicted molar refractivity (Wildman–Crippen MR) is 72.3 cm³/mol. The Hall–Kier alpha value is -1.42. The lowest BCUT2D eigenvalue weighted by atomic mass is 10.3. The van der Waals surface area contributed by atoms with Crippen molar-refractivity contribution in [1.29, 1.82) is 0 Å². The predicted octanol–water partition coefficient (Wildman–Crippen LogP) is 3.50. The van der Waals surface area contributed by atoms with Gasteiger partial charge in [-0.15, -0.1) is 0 Å². The van der Waals surface area contributed by atoms with Crippen LogP contribution in [0.2, 0.25) is 5.02 Å². The van der Waals surface area contributed by atoms with Gasteiger partial charge in [-0.2, -0.15) is 0 Å². The van der Waals surface area contributed by atoms with Crippen LogP contribution in [0.3, 0.4) is 0 Å². The van der Waals surface area contributed by atoms with E-state index >= 15 is 0 Å².